The van der Waals surface area contributed by atoms with Crippen molar-refractivity contribution < 1.29 is 23.5 Å². The van der Waals surface area contributed by atoms with Crippen LogP contribution in [0.2, 0.25) is 0 Å². The van der Waals surface area contributed by atoms with Gasteiger partial charge in [-0.05, 0) is 71.1 Å². The molecule has 2 heterocycles. The third kappa shape index (κ3) is 4.42. The van der Waals surface area contributed by atoms with Crippen molar-refractivity contribution in [3.05, 3.63) is 29.6 Å². The van der Waals surface area contributed by atoms with Crippen LogP contribution in [0.25, 0.3) is 0 Å². The van der Waals surface area contributed by atoms with E-state index in [1.54, 1.807) is 24.8 Å². The number of hydrogen-bond acceptors (Lipinski definition) is 4. The molecule has 1 saturated heterocycles. The topological polar surface area (TPSA) is 79.0 Å². The Kier molecular flexibility index (Phi) is 5.80. The van der Waals surface area contributed by atoms with Crippen LogP contribution in [0.1, 0.15) is 53.0 Å². The number of fused-ring (bicyclic) bond motifs is 1. The number of amides is 4. The van der Waals surface area contributed by atoms with Crippen LogP contribution in [0.3, 0.4) is 0 Å². The summed E-state index contributed by atoms with van der Waals surface area (Å²) < 4.78 is 19.1. The standard InChI is InChI=1S/C22H30FN3O4/c1-21(2,3)30-20(29)25-10-8-14(9-11-25)13-24-19(28)26-17-12-15(23)6-7-16(17)22(4,5)18(26)27/h6-7,12,14H,8-11,13H2,1-5H3,(H,24,28). The van der Waals surface area contributed by atoms with Crippen LogP contribution in [0.4, 0.5) is 19.7 Å². The Labute approximate surface area is 176 Å². The molecule has 0 atom stereocenters. The van der Waals surface area contributed by atoms with Crippen LogP contribution in [0.15, 0.2) is 18.2 Å². The van der Waals surface area contributed by atoms with Crippen LogP contribution >= 0.6 is 0 Å². The van der Waals surface area contributed by atoms with Crippen LogP contribution in [0, 0.1) is 11.7 Å². The Morgan fingerprint density at radius 3 is 2.47 bits per heavy atom. The number of ether oxygens (including phenoxy) is 1. The van der Waals surface area contributed by atoms with Gasteiger partial charge in [0.25, 0.3) is 0 Å². The maximum atomic E-state index is 13.7. The maximum Gasteiger partial charge on any atom is 0.410 e. The molecule has 8 heteroatoms. The first-order chi connectivity index (χ1) is 13.9. The number of imide groups is 1. The molecule has 1 aromatic carbocycles. The van der Waals surface area contributed by atoms with Crippen molar-refractivity contribution in [1.29, 1.82) is 0 Å². The highest BCUT2D eigenvalue weighted by atomic mass is 19.1. The number of benzene rings is 1. The summed E-state index contributed by atoms with van der Waals surface area (Å²) in [5.41, 5.74) is -0.496. The number of nitrogens with zero attached hydrogens (tertiary/aromatic N) is 2. The number of carbonyl (C=O) groups is 3. The summed E-state index contributed by atoms with van der Waals surface area (Å²) in [6, 6.07) is 3.53. The molecule has 1 aromatic rings. The molecule has 2 aliphatic rings. The predicted molar refractivity (Wildman–Crippen MR) is 111 cm³/mol. The lowest BCUT2D eigenvalue weighted by Gasteiger charge is -2.33. The molecule has 3 rings (SSSR count). The number of anilines is 1. The lowest BCUT2D eigenvalue weighted by molar-refractivity contribution is -0.121. The van der Waals surface area contributed by atoms with E-state index in [4.69, 9.17) is 4.74 Å². The third-order valence-corrected chi connectivity index (χ3v) is 5.62. The SMILES string of the molecule is CC(C)(C)OC(=O)N1CCC(CNC(=O)N2C(=O)C(C)(C)c3ccc(F)cc32)CC1. The number of piperidine rings is 1. The van der Waals surface area contributed by atoms with Gasteiger partial charge >= 0.3 is 12.1 Å². The number of hydrogen-bond donors (Lipinski definition) is 1. The van der Waals surface area contributed by atoms with Crippen molar-refractivity contribution >= 4 is 23.7 Å². The molecule has 0 saturated carbocycles. The highest BCUT2D eigenvalue weighted by molar-refractivity contribution is 6.22. The van der Waals surface area contributed by atoms with Gasteiger partial charge in [-0.2, -0.15) is 0 Å². The molecule has 30 heavy (non-hydrogen) atoms. The van der Waals surface area contributed by atoms with E-state index in [2.05, 4.69) is 5.32 Å². The van der Waals surface area contributed by atoms with Crippen molar-refractivity contribution in [2.24, 2.45) is 5.92 Å². The normalized spacial score (nSPS) is 18.9. The zero-order valence-electron chi connectivity index (χ0n) is 18.3. The first-order valence-electron chi connectivity index (χ1n) is 10.3. The Balaban J connectivity index is 1.57. The highest BCUT2D eigenvalue weighted by Crippen LogP contribution is 2.41. The molecule has 0 unspecified atom stereocenters. The van der Waals surface area contributed by atoms with Crippen molar-refractivity contribution in [3.63, 3.8) is 0 Å². The van der Waals surface area contributed by atoms with E-state index in [0.717, 1.165) is 17.7 Å². The van der Waals surface area contributed by atoms with Gasteiger partial charge in [0.2, 0.25) is 5.91 Å². The quantitative estimate of drug-likeness (QED) is 0.791. The van der Waals surface area contributed by atoms with Gasteiger partial charge in [0.05, 0.1) is 11.1 Å². The molecule has 2 aliphatic heterocycles. The van der Waals surface area contributed by atoms with Crippen molar-refractivity contribution in [1.82, 2.24) is 10.2 Å². The van der Waals surface area contributed by atoms with E-state index >= 15 is 0 Å². The summed E-state index contributed by atoms with van der Waals surface area (Å²) in [5.74, 6) is -0.683. The Bertz CT molecular complexity index is 854. The minimum atomic E-state index is -0.890. The third-order valence-electron chi connectivity index (χ3n) is 5.62. The van der Waals surface area contributed by atoms with Crippen LogP contribution in [0.5, 0.6) is 0 Å². The van der Waals surface area contributed by atoms with Gasteiger partial charge < -0.3 is 15.0 Å². The summed E-state index contributed by atoms with van der Waals surface area (Å²) >= 11 is 0. The monoisotopic (exact) mass is 419 g/mol. The highest BCUT2D eigenvalue weighted by Gasteiger charge is 2.46. The molecule has 0 radical (unpaired) electrons. The molecule has 7 nitrogen and oxygen atoms in total. The lowest BCUT2D eigenvalue weighted by atomic mass is 9.86. The van der Waals surface area contributed by atoms with Gasteiger partial charge in [-0.3, -0.25) is 4.79 Å². The minimum absolute atomic E-state index is 0.185. The summed E-state index contributed by atoms with van der Waals surface area (Å²) in [4.78, 5) is 40.5. The minimum Gasteiger partial charge on any atom is -0.444 e. The fourth-order valence-corrected chi connectivity index (χ4v) is 3.88. The van der Waals surface area contributed by atoms with Crippen LogP contribution in [-0.4, -0.2) is 48.2 Å². The number of rotatable bonds is 2. The van der Waals surface area contributed by atoms with Crippen molar-refractivity contribution in [2.75, 3.05) is 24.5 Å². The molecule has 0 spiro atoms. The zero-order valence-corrected chi connectivity index (χ0v) is 18.3. The van der Waals surface area contributed by atoms with Crippen LogP contribution in [-0.2, 0) is 14.9 Å². The van der Waals surface area contributed by atoms with E-state index in [1.165, 1.54) is 12.1 Å². The second kappa shape index (κ2) is 7.89. The molecule has 1 fully saturated rings. The van der Waals surface area contributed by atoms with E-state index in [0.29, 0.717) is 30.9 Å². The molecule has 0 bridgehead atoms. The number of carbonyl (C=O) groups excluding carboxylic acids is 3. The average Bonchev–Trinajstić information content (AvgIpc) is 2.84. The van der Waals surface area contributed by atoms with E-state index in [-0.39, 0.29) is 17.9 Å². The lowest BCUT2D eigenvalue weighted by Crippen LogP contribution is -2.48. The number of nitrogens with one attached hydrogen (secondary N) is 1. The number of urea groups is 1. The van der Waals surface area contributed by atoms with Gasteiger partial charge in [0, 0.05) is 19.6 Å². The Morgan fingerprint density at radius 2 is 1.87 bits per heavy atom. The molecule has 1 N–H and O–H groups in total. The van der Waals surface area contributed by atoms with Crippen LogP contribution < -0.4 is 10.2 Å². The van der Waals surface area contributed by atoms with Gasteiger partial charge in [0.15, 0.2) is 0 Å². The van der Waals surface area contributed by atoms with Crippen molar-refractivity contribution in [2.45, 2.75) is 58.5 Å². The van der Waals surface area contributed by atoms with E-state index in [9.17, 15) is 18.8 Å². The van der Waals surface area contributed by atoms with Crippen molar-refractivity contribution in [3.8, 4) is 0 Å². The molecule has 164 valence electrons. The van der Waals surface area contributed by atoms with Gasteiger partial charge in [0.1, 0.15) is 11.4 Å². The second-order valence-electron chi connectivity index (χ2n) is 9.52. The molecule has 0 aromatic heterocycles. The summed E-state index contributed by atoms with van der Waals surface area (Å²) in [7, 11) is 0. The average molecular weight is 419 g/mol. The molecule has 4 amide bonds. The maximum absolute atomic E-state index is 13.7. The second-order valence-corrected chi connectivity index (χ2v) is 9.52. The first kappa shape index (κ1) is 22.1. The number of halogens is 1. The molecule has 0 aliphatic carbocycles. The zero-order chi connectivity index (χ0) is 22.3. The molecular weight excluding hydrogens is 389 g/mol. The van der Waals surface area contributed by atoms with Gasteiger partial charge in [-0.1, -0.05) is 6.07 Å². The summed E-state index contributed by atoms with van der Waals surface area (Å²) in [6.45, 7) is 10.4. The van der Waals surface area contributed by atoms with Gasteiger partial charge in [-0.15, -0.1) is 0 Å². The fourth-order valence-electron chi connectivity index (χ4n) is 3.88. The Hall–Kier alpha value is -2.64. The smallest absolute Gasteiger partial charge is 0.410 e. The first-order valence-corrected chi connectivity index (χ1v) is 10.3. The predicted octanol–water partition coefficient (Wildman–Crippen LogP) is 3.81. The summed E-state index contributed by atoms with van der Waals surface area (Å²) in [6.07, 6.45) is 1.13. The van der Waals surface area contributed by atoms with E-state index < -0.39 is 22.9 Å². The Morgan fingerprint density at radius 1 is 1.23 bits per heavy atom. The van der Waals surface area contributed by atoms with E-state index in [1.807, 2.05) is 20.8 Å². The largest absolute Gasteiger partial charge is 0.444 e. The fraction of sp³-hybridized carbons (Fsp3) is 0.591. The summed E-state index contributed by atoms with van der Waals surface area (Å²) in [5, 5.41) is 2.81. The molecular formula is C22H30FN3O4. The number of likely N-dealkylation sites (tertiary alicyclic amines) is 1. The van der Waals surface area contributed by atoms with Gasteiger partial charge in [-0.25, -0.2) is 18.9 Å².